The van der Waals surface area contributed by atoms with E-state index >= 15 is 0 Å². The molecule has 0 unspecified atom stereocenters. The lowest BCUT2D eigenvalue weighted by molar-refractivity contribution is -0.162. The molecule has 1 N–H and O–H groups in total. The molecule has 0 aromatic carbocycles. The van der Waals surface area contributed by atoms with E-state index in [2.05, 4.69) is 10.3 Å². The fourth-order valence-corrected chi connectivity index (χ4v) is 4.11. The van der Waals surface area contributed by atoms with Crippen molar-refractivity contribution < 1.29 is 17.9 Å². The summed E-state index contributed by atoms with van der Waals surface area (Å²) in [5.41, 5.74) is -0.293. The van der Waals surface area contributed by atoms with Crippen molar-refractivity contribution in [1.29, 1.82) is 0 Å². The smallest absolute Gasteiger partial charge is 0.237 e. The fourth-order valence-electron chi connectivity index (χ4n) is 3.48. The van der Waals surface area contributed by atoms with Crippen LogP contribution in [-0.2, 0) is 19.4 Å². The summed E-state index contributed by atoms with van der Waals surface area (Å²) in [4.78, 5) is 17.8. The second-order valence-corrected chi connectivity index (χ2v) is 8.79. The lowest BCUT2D eigenvalue weighted by Crippen LogP contribution is -2.66. The molecule has 2 saturated heterocycles. The van der Waals surface area contributed by atoms with E-state index in [1.807, 2.05) is 18.2 Å². The van der Waals surface area contributed by atoms with Crippen molar-refractivity contribution in [2.75, 3.05) is 43.6 Å². The first-order valence-electron chi connectivity index (χ1n) is 8.12. The zero-order valence-corrected chi connectivity index (χ0v) is 14.6. The van der Waals surface area contributed by atoms with Gasteiger partial charge in [-0.2, -0.15) is 0 Å². The quantitative estimate of drug-likeness (QED) is 0.803. The van der Waals surface area contributed by atoms with Crippen LogP contribution >= 0.6 is 0 Å². The van der Waals surface area contributed by atoms with E-state index in [0.29, 0.717) is 25.6 Å². The number of sulfone groups is 1. The van der Waals surface area contributed by atoms with Crippen molar-refractivity contribution in [3.8, 4) is 0 Å². The van der Waals surface area contributed by atoms with Gasteiger partial charge in [0.2, 0.25) is 5.91 Å². The molecule has 132 valence electrons. The highest BCUT2D eigenvalue weighted by molar-refractivity contribution is 7.91. The Balaban J connectivity index is 1.49. The lowest BCUT2D eigenvalue weighted by atomic mass is 9.79. The maximum Gasteiger partial charge on any atom is 0.237 e. The predicted molar refractivity (Wildman–Crippen MR) is 90.4 cm³/mol. The SMILES string of the molecule is CS(=O)(=O)CC(=O)N1CC2(C1)OCC[C@@H]2CCNc1ccccn1. The van der Waals surface area contributed by atoms with Crippen LogP contribution in [0.2, 0.25) is 0 Å². The Labute approximate surface area is 142 Å². The summed E-state index contributed by atoms with van der Waals surface area (Å²) in [6.07, 6.45) is 4.74. The molecule has 24 heavy (non-hydrogen) atoms. The molecule has 1 spiro atoms. The Morgan fingerprint density at radius 2 is 2.25 bits per heavy atom. The van der Waals surface area contributed by atoms with Crippen LogP contribution in [0.5, 0.6) is 0 Å². The molecule has 3 rings (SSSR count). The van der Waals surface area contributed by atoms with Gasteiger partial charge in [-0.05, 0) is 30.9 Å². The van der Waals surface area contributed by atoms with Crippen LogP contribution in [-0.4, -0.2) is 68.1 Å². The number of amides is 1. The second kappa shape index (κ2) is 6.68. The number of anilines is 1. The van der Waals surface area contributed by atoms with Crippen molar-refractivity contribution in [3.05, 3.63) is 24.4 Å². The highest BCUT2D eigenvalue weighted by Gasteiger charge is 2.54. The topological polar surface area (TPSA) is 88.6 Å². The molecule has 2 fully saturated rings. The van der Waals surface area contributed by atoms with Gasteiger partial charge >= 0.3 is 0 Å². The molecule has 0 saturated carbocycles. The van der Waals surface area contributed by atoms with Gasteiger partial charge in [0.15, 0.2) is 9.84 Å². The fraction of sp³-hybridized carbons (Fsp3) is 0.625. The minimum Gasteiger partial charge on any atom is -0.371 e. The van der Waals surface area contributed by atoms with E-state index < -0.39 is 15.6 Å². The molecule has 0 radical (unpaired) electrons. The Kier molecular flexibility index (Phi) is 4.78. The number of aromatic nitrogens is 1. The van der Waals surface area contributed by atoms with Crippen molar-refractivity contribution >= 4 is 21.6 Å². The number of carbonyl (C=O) groups excluding carboxylic acids is 1. The average Bonchev–Trinajstić information content (AvgIpc) is 2.89. The number of rotatable bonds is 6. The highest BCUT2D eigenvalue weighted by atomic mass is 32.2. The van der Waals surface area contributed by atoms with Crippen molar-refractivity contribution in [1.82, 2.24) is 9.88 Å². The van der Waals surface area contributed by atoms with Gasteiger partial charge in [-0.15, -0.1) is 0 Å². The predicted octanol–water partition coefficient (Wildman–Crippen LogP) is 0.546. The second-order valence-electron chi connectivity index (χ2n) is 6.65. The zero-order chi connectivity index (χ0) is 17.2. The zero-order valence-electron chi connectivity index (χ0n) is 13.8. The molecule has 2 aliphatic rings. The summed E-state index contributed by atoms with van der Waals surface area (Å²) in [5.74, 6) is 0.471. The van der Waals surface area contributed by atoms with Crippen LogP contribution in [0.3, 0.4) is 0 Å². The minimum absolute atomic E-state index is 0.293. The Bertz CT molecular complexity index is 687. The first-order valence-corrected chi connectivity index (χ1v) is 10.2. The minimum atomic E-state index is -3.29. The summed E-state index contributed by atoms with van der Waals surface area (Å²) in [5, 5.41) is 3.30. The summed E-state index contributed by atoms with van der Waals surface area (Å²) in [6.45, 7) is 2.48. The van der Waals surface area contributed by atoms with E-state index in [9.17, 15) is 13.2 Å². The summed E-state index contributed by atoms with van der Waals surface area (Å²) < 4.78 is 28.4. The van der Waals surface area contributed by atoms with Gasteiger partial charge in [0, 0.05) is 25.6 Å². The Morgan fingerprint density at radius 1 is 1.46 bits per heavy atom. The van der Waals surface area contributed by atoms with Crippen molar-refractivity contribution in [2.45, 2.75) is 18.4 Å². The number of pyridine rings is 1. The maximum atomic E-state index is 12.0. The van der Waals surface area contributed by atoms with Crippen LogP contribution in [0.25, 0.3) is 0 Å². The van der Waals surface area contributed by atoms with Gasteiger partial charge < -0.3 is 15.0 Å². The number of hydrogen-bond acceptors (Lipinski definition) is 6. The third kappa shape index (κ3) is 3.87. The monoisotopic (exact) mass is 353 g/mol. The normalized spacial score (nSPS) is 22.4. The number of nitrogens with zero attached hydrogens (tertiary/aromatic N) is 2. The number of carbonyl (C=O) groups is 1. The highest BCUT2D eigenvalue weighted by Crippen LogP contribution is 2.41. The molecular weight excluding hydrogens is 330 g/mol. The van der Waals surface area contributed by atoms with E-state index in [-0.39, 0.29) is 11.5 Å². The molecule has 7 nitrogen and oxygen atoms in total. The third-order valence-corrected chi connectivity index (χ3v) is 5.49. The first kappa shape index (κ1) is 17.2. The number of nitrogens with one attached hydrogen (secondary N) is 1. The maximum absolute atomic E-state index is 12.0. The van der Waals surface area contributed by atoms with Gasteiger partial charge in [0.25, 0.3) is 0 Å². The molecule has 1 aromatic heterocycles. The van der Waals surface area contributed by atoms with E-state index in [4.69, 9.17) is 4.74 Å². The van der Waals surface area contributed by atoms with E-state index in [1.165, 1.54) is 0 Å². The molecular formula is C16H23N3O4S. The number of ether oxygens (including phenoxy) is 1. The van der Waals surface area contributed by atoms with Crippen LogP contribution < -0.4 is 5.32 Å². The first-order chi connectivity index (χ1) is 11.4. The Morgan fingerprint density at radius 3 is 2.92 bits per heavy atom. The molecule has 1 amide bonds. The van der Waals surface area contributed by atoms with E-state index in [0.717, 1.165) is 31.5 Å². The Hall–Kier alpha value is -1.67. The molecule has 8 heteroatoms. The number of hydrogen-bond donors (Lipinski definition) is 1. The third-order valence-electron chi connectivity index (χ3n) is 4.72. The van der Waals surface area contributed by atoms with Crippen LogP contribution in [0, 0.1) is 5.92 Å². The van der Waals surface area contributed by atoms with E-state index in [1.54, 1.807) is 11.1 Å². The van der Waals surface area contributed by atoms with Crippen LogP contribution in [0.4, 0.5) is 5.82 Å². The summed E-state index contributed by atoms with van der Waals surface area (Å²) in [6, 6.07) is 5.74. The lowest BCUT2D eigenvalue weighted by Gasteiger charge is -2.50. The van der Waals surface area contributed by atoms with Crippen LogP contribution in [0.1, 0.15) is 12.8 Å². The standard InChI is InChI=1S/C16H23N3O4S/c1-24(21,22)10-15(20)19-11-16(12-19)13(6-9-23-16)5-8-18-14-4-2-3-7-17-14/h2-4,7,13H,5-6,8-12H2,1H3,(H,17,18)/t13-/m0/s1. The molecule has 3 heterocycles. The van der Waals surface area contributed by atoms with Gasteiger partial charge in [-0.3, -0.25) is 4.79 Å². The molecule has 1 aromatic rings. The van der Waals surface area contributed by atoms with Gasteiger partial charge in [-0.1, -0.05) is 6.07 Å². The van der Waals surface area contributed by atoms with Crippen LogP contribution in [0.15, 0.2) is 24.4 Å². The summed E-state index contributed by atoms with van der Waals surface area (Å²) in [7, 11) is -3.29. The number of likely N-dealkylation sites (tertiary alicyclic amines) is 1. The van der Waals surface area contributed by atoms with Gasteiger partial charge in [0.1, 0.15) is 17.2 Å². The molecule has 1 atom stereocenters. The largest absolute Gasteiger partial charge is 0.371 e. The van der Waals surface area contributed by atoms with Crippen molar-refractivity contribution in [3.63, 3.8) is 0 Å². The molecule has 2 aliphatic heterocycles. The van der Waals surface area contributed by atoms with Gasteiger partial charge in [0.05, 0.1) is 13.1 Å². The summed E-state index contributed by atoms with van der Waals surface area (Å²) >= 11 is 0. The molecule has 0 bridgehead atoms. The molecule has 0 aliphatic carbocycles. The average molecular weight is 353 g/mol. The van der Waals surface area contributed by atoms with Gasteiger partial charge in [-0.25, -0.2) is 13.4 Å². The van der Waals surface area contributed by atoms with Crippen molar-refractivity contribution in [2.24, 2.45) is 5.92 Å².